The predicted molar refractivity (Wildman–Crippen MR) is 51.4 cm³/mol. The molecule has 64 valence electrons. The monoisotopic (exact) mass is 153 g/mol. The molecule has 1 atom stereocenters. The van der Waals surface area contributed by atoms with Gasteiger partial charge in [0.25, 0.3) is 0 Å². The first-order valence-electron chi connectivity index (χ1n) is 4.06. The molecule has 0 radical (unpaired) electrons. The lowest BCUT2D eigenvalue weighted by molar-refractivity contribution is 0.635. The molecule has 0 spiro atoms. The molecule has 0 aliphatic rings. The Morgan fingerprint density at radius 3 is 2.27 bits per heavy atom. The van der Waals surface area contributed by atoms with Crippen LogP contribution in [-0.4, -0.2) is 6.54 Å². The van der Waals surface area contributed by atoms with Crippen LogP contribution in [0.25, 0.3) is 0 Å². The first-order valence-corrected chi connectivity index (χ1v) is 4.06. The van der Waals surface area contributed by atoms with Gasteiger partial charge in [-0.05, 0) is 39.7 Å². The summed E-state index contributed by atoms with van der Waals surface area (Å²) in [6.07, 6.45) is 3.25. The molecule has 0 aromatic rings. The summed E-state index contributed by atoms with van der Waals surface area (Å²) in [5.41, 5.74) is 8.11. The summed E-state index contributed by atoms with van der Waals surface area (Å²) in [7, 11) is 0. The first-order chi connectivity index (χ1) is 5.07. The van der Waals surface area contributed by atoms with Crippen molar-refractivity contribution >= 4 is 0 Å². The normalized spacial score (nSPS) is 12.4. The zero-order chi connectivity index (χ0) is 8.85. The Labute approximate surface area is 70.0 Å². The van der Waals surface area contributed by atoms with E-state index in [4.69, 9.17) is 5.73 Å². The van der Waals surface area contributed by atoms with E-state index in [9.17, 15) is 0 Å². The van der Waals surface area contributed by atoms with Gasteiger partial charge in [0.1, 0.15) is 0 Å². The number of rotatable bonds is 4. The van der Waals surface area contributed by atoms with Crippen molar-refractivity contribution in [2.75, 3.05) is 6.54 Å². The van der Waals surface area contributed by atoms with Gasteiger partial charge in [0.15, 0.2) is 0 Å². The molecule has 0 bridgehead atoms. The van der Waals surface area contributed by atoms with E-state index >= 15 is 0 Å². The van der Waals surface area contributed by atoms with Crippen molar-refractivity contribution in [3.8, 4) is 0 Å². The van der Waals surface area contributed by atoms with E-state index in [1.807, 2.05) is 6.92 Å². The number of nitrogens with two attached hydrogens (primary N) is 1. The fraction of sp³-hybridized carbons (Fsp3) is 0.600. The van der Waals surface area contributed by atoms with E-state index in [2.05, 4.69) is 26.5 Å². The minimum absolute atomic E-state index is 0.463. The largest absolute Gasteiger partial charge is 0.330 e. The summed E-state index contributed by atoms with van der Waals surface area (Å²) in [5.74, 6) is 0.463. The summed E-state index contributed by atoms with van der Waals surface area (Å²) >= 11 is 0. The summed E-state index contributed by atoms with van der Waals surface area (Å²) in [6, 6.07) is 0. The number of hydrogen-bond donors (Lipinski definition) is 1. The number of allylic oxidation sites excluding steroid dienone is 2. The van der Waals surface area contributed by atoms with Crippen molar-refractivity contribution in [1.82, 2.24) is 0 Å². The van der Waals surface area contributed by atoms with Crippen LogP contribution in [0, 0.1) is 5.92 Å². The van der Waals surface area contributed by atoms with E-state index in [0.29, 0.717) is 12.5 Å². The molecular weight excluding hydrogens is 134 g/mol. The highest BCUT2D eigenvalue weighted by atomic mass is 14.5. The van der Waals surface area contributed by atoms with Crippen LogP contribution in [0.1, 0.15) is 27.2 Å². The van der Waals surface area contributed by atoms with Gasteiger partial charge in [0.2, 0.25) is 0 Å². The Hall–Kier alpha value is -0.560. The van der Waals surface area contributed by atoms with Crippen LogP contribution in [0.2, 0.25) is 0 Å². The van der Waals surface area contributed by atoms with Gasteiger partial charge < -0.3 is 5.73 Å². The average molecular weight is 153 g/mol. The Morgan fingerprint density at radius 1 is 1.45 bits per heavy atom. The lowest BCUT2D eigenvalue weighted by atomic mass is 9.97. The van der Waals surface area contributed by atoms with E-state index < -0.39 is 0 Å². The third-order valence-corrected chi connectivity index (χ3v) is 1.79. The highest BCUT2D eigenvalue weighted by Crippen LogP contribution is 2.12. The topological polar surface area (TPSA) is 26.0 Å². The first kappa shape index (κ1) is 10.4. The van der Waals surface area contributed by atoms with Crippen molar-refractivity contribution in [1.29, 1.82) is 0 Å². The van der Waals surface area contributed by atoms with Crippen molar-refractivity contribution < 1.29 is 0 Å². The van der Waals surface area contributed by atoms with Gasteiger partial charge in [-0.25, -0.2) is 0 Å². The fourth-order valence-electron chi connectivity index (χ4n) is 0.877. The zero-order valence-electron chi connectivity index (χ0n) is 7.85. The molecule has 0 heterocycles. The van der Waals surface area contributed by atoms with Crippen molar-refractivity contribution in [3.05, 3.63) is 23.8 Å². The van der Waals surface area contributed by atoms with Gasteiger partial charge in [0, 0.05) is 0 Å². The molecule has 1 heteroatoms. The highest BCUT2D eigenvalue weighted by molar-refractivity contribution is 5.03. The minimum Gasteiger partial charge on any atom is -0.330 e. The van der Waals surface area contributed by atoms with Crippen LogP contribution in [0.15, 0.2) is 23.8 Å². The summed E-state index contributed by atoms with van der Waals surface area (Å²) in [4.78, 5) is 0. The third kappa shape index (κ3) is 4.79. The van der Waals surface area contributed by atoms with Crippen LogP contribution in [0.4, 0.5) is 0 Å². The van der Waals surface area contributed by atoms with Crippen molar-refractivity contribution in [2.24, 2.45) is 11.7 Å². The van der Waals surface area contributed by atoms with E-state index in [0.717, 1.165) is 6.42 Å². The molecule has 11 heavy (non-hydrogen) atoms. The Bertz CT molecular complexity index is 152. The molecule has 0 aliphatic carbocycles. The second-order valence-electron chi connectivity index (χ2n) is 3.30. The van der Waals surface area contributed by atoms with Gasteiger partial charge in [-0.1, -0.05) is 23.8 Å². The summed E-state index contributed by atoms with van der Waals surface area (Å²) in [6.45, 7) is 10.8. The third-order valence-electron chi connectivity index (χ3n) is 1.79. The van der Waals surface area contributed by atoms with Crippen molar-refractivity contribution in [3.63, 3.8) is 0 Å². The minimum atomic E-state index is 0.463. The van der Waals surface area contributed by atoms with Gasteiger partial charge in [-0.2, -0.15) is 0 Å². The second kappa shape index (κ2) is 5.14. The maximum atomic E-state index is 5.57. The smallest absolute Gasteiger partial charge is 0.000871 e. The molecule has 0 fully saturated rings. The Kier molecular flexibility index (Phi) is 4.88. The molecule has 0 aromatic carbocycles. The molecule has 0 rings (SSSR count). The van der Waals surface area contributed by atoms with Crippen LogP contribution < -0.4 is 5.73 Å². The molecule has 0 aromatic heterocycles. The van der Waals surface area contributed by atoms with Crippen LogP contribution in [0.5, 0.6) is 0 Å². The molecule has 0 saturated carbocycles. The fourth-order valence-corrected chi connectivity index (χ4v) is 0.877. The van der Waals surface area contributed by atoms with Gasteiger partial charge in [0.05, 0.1) is 0 Å². The molecule has 1 nitrogen and oxygen atoms in total. The van der Waals surface area contributed by atoms with Crippen LogP contribution in [0.3, 0.4) is 0 Å². The highest BCUT2D eigenvalue weighted by Gasteiger charge is 2.03. The molecular formula is C10H19N. The lowest BCUT2D eigenvalue weighted by Gasteiger charge is -2.11. The molecule has 2 N–H and O–H groups in total. The maximum Gasteiger partial charge on any atom is -0.000871 e. The van der Waals surface area contributed by atoms with Gasteiger partial charge >= 0.3 is 0 Å². The molecule has 1 unspecified atom stereocenters. The van der Waals surface area contributed by atoms with E-state index in [-0.39, 0.29) is 0 Å². The van der Waals surface area contributed by atoms with Gasteiger partial charge in [-0.3, -0.25) is 0 Å². The number of hydrogen-bond acceptors (Lipinski definition) is 1. The average Bonchev–Trinajstić information content (AvgIpc) is 1.87. The standard InChI is InChI=1S/C10H19N/c1-8(2)5-6-10(7-11)9(3)4/h5,10H,3,6-7,11H2,1-2,4H3. The van der Waals surface area contributed by atoms with Crippen LogP contribution >= 0.6 is 0 Å². The SMILES string of the molecule is C=C(C)C(CN)CC=C(C)C. The zero-order valence-corrected chi connectivity index (χ0v) is 7.85. The van der Waals surface area contributed by atoms with Crippen molar-refractivity contribution in [2.45, 2.75) is 27.2 Å². The quantitative estimate of drug-likeness (QED) is 0.617. The lowest BCUT2D eigenvalue weighted by Crippen LogP contribution is -2.14. The predicted octanol–water partition coefficient (Wildman–Crippen LogP) is 2.49. The van der Waals surface area contributed by atoms with E-state index in [1.54, 1.807) is 0 Å². The maximum absolute atomic E-state index is 5.57. The summed E-state index contributed by atoms with van der Waals surface area (Å²) < 4.78 is 0. The summed E-state index contributed by atoms with van der Waals surface area (Å²) in [5, 5.41) is 0. The van der Waals surface area contributed by atoms with Crippen LogP contribution in [-0.2, 0) is 0 Å². The van der Waals surface area contributed by atoms with E-state index in [1.165, 1.54) is 11.1 Å². The Morgan fingerprint density at radius 2 is 2.00 bits per heavy atom. The Balaban J connectivity index is 3.89. The second-order valence-corrected chi connectivity index (χ2v) is 3.30. The molecule has 0 aliphatic heterocycles. The molecule has 0 saturated heterocycles. The molecule has 0 amide bonds. The van der Waals surface area contributed by atoms with Gasteiger partial charge in [-0.15, -0.1) is 0 Å².